The van der Waals surface area contributed by atoms with Crippen LogP contribution in [0.15, 0.2) is 109 Å². The van der Waals surface area contributed by atoms with Crippen LogP contribution in [0.3, 0.4) is 0 Å². The molecular formula is C62H70N4. The van der Waals surface area contributed by atoms with Gasteiger partial charge in [-0.15, -0.1) is 0 Å². The number of benzene rings is 6. The molecule has 0 radical (unpaired) electrons. The molecule has 0 saturated heterocycles. The Morgan fingerprint density at radius 1 is 0.348 bits per heavy atom. The summed E-state index contributed by atoms with van der Waals surface area (Å²) in [5.74, 6) is 0. The summed E-state index contributed by atoms with van der Waals surface area (Å²) in [4.78, 5) is 10.6. The minimum absolute atomic E-state index is 0.0801. The van der Waals surface area contributed by atoms with Crippen LogP contribution in [0.5, 0.6) is 0 Å². The summed E-state index contributed by atoms with van der Waals surface area (Å²) < 4.78 is 0. The summed E-state index contributed by atoms with van der Waals surface area (Å²) in [5.41, 5.74) is 24.8. The molecule has 0 aromatic heterocycles. The fourth-order valence-corrected chi connectivity index (χ4v) is 13.4. The monoisotopic (exact) mass is 871 g/mol. The Balaban J connectivity index is 1.07. The third-order valence-corrected chi connectivity index (χ3v) is 18.1. The predicted octanol–water partition coefficient (Wildman–Crippen LogP) is 15.9. The zero-order valence-electron chi connectivity index (χ0n) is 41.8. The van der Waals surface area contributed by atoms with Crippen molar-refractivity contribution in [2.75, 3.05) is 45.8 Å². The summed E-state index contributed by atoms with van der Waals surface area (Å²) in [6, 6.07) is 43.3. The van der Waals surface area contributed by atoms with E-state index in [1.54, 1.807) is 0 Å². The molecule has 0 N–H and O–H groups in total. The second-order valence-corrected chi connectivity index (χ2v) is 24.7. The first-order chi connectivity index (χ1) is 31.2. The lowest BCUT2D eigenvalue weighted by atomic mass is 9.65. The number of fused-ring (bicyclic) bond motifs is 4. The minimum atomic E-state index is -0.181. The van der Waals surface area contributed by atoms with E-state index in [4.69, 9.17) is 0 Å². The molecule has 6 aromatic carbocycles. The number of nitrogens with zero attached hydrogens (tertiary/aromatic N) is 4. The van der Waals surface area contributed by atoms with Gasteiger partial charge in [-0.1, -0.05) is 132 Å². The summed E-state index contributed by atoms with van der Waals surface area (Å²) >= 11 is 0. The molecule has 0 fully saturated rings. The summed E-state index contributed by atoms with van der Waals surface area (Å²) in [6.45, 7) is 34.1. The van der Waals surface area contributed by atoms with Crippen molar-refractivity contribution in [2.45, 2.75) is 141 Å². The van der Waals surface area contributed by atoms with Crippen molar-refractivity contribution >= 4 is 45.5 Å². The fourth-order valence-electron chi connectivity index (χ4n) is 13.4. The molecule has 6 aromatic rings. The molecule has 0 bridgehead atoms. The van der Waals surface area contributed by atoms with Gasteiger partial charge in [0, 0.05) is 65.4 Å². The molecule has 0 spiro atoms. The van der Waals surface area contributed by atoms with Crippen molar-refractivity contribution in [3.8, 4) is 11.1 Å². The van der Waals surface area contributed by atoms with Gasteiger partial charge in [-0.25, -0.2) is 0 Å². The molecule has 66 heavy (non-hydrogen) atoms. The van der Waals surface area contributed by atoms with Crippen LogP contribution in [0.2, 0.25) is 0 Å². The summed E-state index contributed by atoms with van der Waals surface area (Å²) in [7, 11) is 0. The number of para-hydroxylation sites is 2. The van der Waals surface area contributed by atoms with Crippen molar-refractivity contribution < 1.29 is 0 Å². The molecule has 6 heterocycles. The maximum atomic E-state index is 2.71. The number of hydrogen-bond donors (Lipinski definition) is 0. The molecule has 4 heteroatoms. The molecule has 6 aliphatic rings. The third-order valence-electron chi connectivity index (χ3n) is 18.1. The molecule has 12 rings (SSSR count). The van der Waals surface area contributed by atoms with Gasteiger partial charge in [0.15, 0.2) is 0 Å². The van der Waals surface area contributed by atoms with Crippen LogP contribution < -0.4 is 19.6 Å². The zero-order chi connectivity index (χ0) is 46.1. The van der Waals surface area contributed by atoms with Crippen molar-refractivity contribution in [1.82, 2.24) is 0 Å². The lowest BCUT2D eigenvalue weighted by molar-refractivity contribution is 0.401. The average molecular weight is 871 g/mol. The Morgan fingerprint density at radius 2 is 0.712 bits per heavy atom. The van der Waals surface area contributed by atoms with E-state index in [0.717, 1.165) is 26.2 Å². The van der Waals surface area contributed by atoms with Gasteiger partial charge in [-0.2, -0.15) is 0 Å². The van der Waals surface area contributed by atoms with Gasteiger partial charge < -0.3 is 19.6 Å². The highest BCUT2D eigenvalue weighted by Gasteiger charge is 2.47. The summed E-state index contributed by atoms with van der Waals surface area (Å²) in [5, 5.41) is 0. The lowest BCUT2D eigenvalue weighted by Crippen LogP contribution is -2.45. The van der Waals surface area contributed by atoms with Gasteiger partial charge >= 0.3 is 0 Å². The Hall–Kier alpha value is -5.48. The van der Waals surface area contributed by atoms with E-state index >= 15 is 0 Å². The van der Waals surface area contributed by atoms with Crippen LogP contribution in [0.25, 0.3) is 11.1 Å². The first kappa shape index (κ1) is 41.9. The lowest BCUT2D eigenvalue weighted by Gasteiger charge is -2.49. The van der Waals surface area contributed by atoms with Crippen LogP contribution in [0, 0.1) is 0 Å². The highest BCUT2D eigenvalue weighted by atomic mass is 15.2. The van der Waals surface area contributed by atoms with Crippen LogP contribution >= 0.6 is 0 Å². The third kappa shape index (κ3) is 5.81. The summed E-state index contributed by atoms with van der Waals surface area (Å²) in [6.07, 6.45) is 4.68. The van der Waals surface area contributed by atoms with Gasteiger partial charge in [0.05, 0.1) is 17.1 Å². The highest BCUT2D eigenvalue weighted by Crippen LogP contribution is 2.61. The smallest absolute Gasteiger partial charge is 0.0544 e. The molecule has 4 nitrogen and oxygen atoms in total. The molecule has 6 aliphatic heterocycles. The Labute approximate surface area is 395 Å². The number of rotatable bonds is 4. The van der Waals surface area contributed by atoms with Crippen LogP contribution in [-0.4, -0.2) is 26.2 Å². The van der Waals surface area contributed by atoms with Crippen molar-refractivity contribution in [3.63, 3.8) is 0 Å². The second-order valence-electron chi connectivity index (χ2n) is 24.7. The standard InChI is InChI=1S/C62H70N4/c1-57(2)25-29-63-30-26-58(3,4)47-36-42(35-46(57)54(47)63)65(43-37-48-55-49(38-43)60(7,8)28-32-64(55)31-27-59(48,5)6)41-23-21-39(22-24-41)40-33-50-56-51(34-40)62(11,12)45-18-14-16-20-53(45)66(56)52-19-15-13-17-44(52)61(50,9)10/h13-24,33-38H,25-32H2,1-12H3. The van der Waals surface area contributed by atoms with Crippen LogP contribution in [0.1, 0.15) is 153 Å². The molecular weight excluding hydrogens is 801 g/mol. The number of hydrogen-bond acceptors (Lipinski definition) is 4. The van der Waals surface area contributed by atoms with E-state index in [9.17, 15) is 0 Å². The Morgan fingerprint density at radius 3 is 1.09 bits per heavy atom. The second kappa shape index (κ2) is 13.6. The topological polar surface area (TPSA) is 13.0 Å². The zero-order valence-corrected chi connectivity index (χ0v) is 41.8. The molecule has 0 amide bonds. The Bertz CT molecular complexity index is 2750. The van der Waals surface area contributed by atoms with E-state index in [2.05, 4.69) is 212 Å². The molecule has 0 atom stereocenters. The minimum Gasteiger partial charge on any atom is -0.371 e. The maximum Gasteiger partial charge on any atom is 0.0544 e. The molecule has 0 unspecified atom stereocenters. The van der Waals surface area contributed by atoms with Crippen molar-refractivity contribution in [3.05, 3.63) is 154 Å². The largest absolute Gasteiger partial charge is 0.371 e. The Kier molecular flexibility index (Phi) is 8.62. The molecule has 338 valence electrons. The number of anilines is 8. The van der Waals surface area contributed by atoms with Crippen molar-refractivity contribution in [1.29, 1.82) is 0 Å². The van der Waals surface area contributed by atoms with Gasteiger partial charge in [0.2, 0.25) is 0 Å². The molecule has 0 aliphatic carbocycles. The van der Waals surface area contributed by atoms with Gasteiger partial charge in [0.25, 0.3) is 0 Å². The van der Waals surface area contributed by atoms with Gasteiger partial charge in [-0.05, 0) is 164 Å². The quantitative estimate of drug-likeness (QED) is 0.175. The van der Waals surface area contributed by atoms with E-state index < -0.39 is 0 Å². The van der Waals surface area contributed by atoms with Gasteiger partial charge in [0.1, 0.15) is 0 Å². The van der Waals surface area contributed by atoms with Crippen molar-refractivity contribution in [2.24, 2.45) is 0 Å². The van der Waals surface area contributed by atoms with Crippen LogP contribution in [-0.2, 0) is 32.5 Å². The van der Waals surface area contributed by atoms with Gasteiger partial charge in [-0.3, -0.25) is 0 Å². The molecule has 0 saturated carbocycles. The SMILES string of the molecule is CC1(C)CCN2CCC(C)(C)c3cc(N(c4ccc(-c5cc6c7c(c5)C(C)(C)c5ccccc5N7c5ccccc5C6(C)C)cc4)c4cc5c6c(c4)C(C)(C)CCN6CCC5(C)C)cc1c32. The van der Waals surface area contributed by atoms with E-state index in [1.165, 1.54) is 127 Å². The van der Waals surface area contributed by atoms with E-state index in [-0.39, 0.29) is 32.5 Å². The predicted molar refractivity (Wildman–Crippen MR) is 280 cm³/mol. The fraction of sp³-hybridized carbons (Fsp3) is 0.419. The van der Waals surface area contributed by atoms with E-state index in [0.29, 0.717) is 0 Å². The first-order valence-electron chi connectivity index (χ1n) is 25.2. The average Bonchev–Trinajstić information content (AvgIpc) is 3.28. The normalized spacial score (nSPS) is 21.2. The maximum absolute atomic E-state index is 2.71. The first-order valence-corrected chi connectivity index (χ1v) is 25.2. The van der Waals surface area contributed by atoms with E-state index in [1.807, 2.05) is 0 Å². The van der Waals surface area contributed by atoms with Crippen LogP contribution in [0.4, 0.5) is 45.5 Å². The highest BCUT2D eigenvalue weighted by molar-refractivity contribution is 5.94.